The number of benzene rings is 1. The van der Waals surface area contributed by atoms with E-state index in [2.05, 4.69) is 13.0 Å². The Morgan fingerprint density at radius 2 is 2.06 bits per heavy atom. The van der Waals surface area contributed by atoms with Crippen molar-refractivity contribution in [3.8, 4) is 0 Å². The zero-order valence-corrected chi connectivity index (χ0v) is 10.9. The smallest absolute Gasteiger partial charge is 0.123 e. The van der Waals surface area contributed by atoms with Gasteiger partial charge in [-0.25, -0.2) is 4.39 Å². The van der Waals surface area contributed by atoms with Crippen LogP contribution in [0, 0.1) is 12.7 Å². The van der Waals surface area contributed by atoms with Gasteiger partial charge in [-0.2, -0.15) is 0 Å². The number of hydrogen-bond acceptors (Lipinski definition) is 2. The van der Waals surface area contributed by atoms with E-state index in [4.69, 9.17) is 5.73 Å². The first kappa shape index (κ1) is 12.3. The molecule has 0 aliphatic heterocycles. The molecule has 2 aromatic rings. The molecule has 90 valence electrons. The molecule has 0 amide bonds. The molecule has 2 N–H and O–H groups in total. The largest absolute Gasteiger partial charge is 0.320 e. The average Bonchev–Trinajstić information content (AvgIpc) is 2.80. The summed E-state index contributed by atoms with van der Waals surface area (Å²) in [5.41, 5.74) is 8.10. The summed E-state index contributed by atoms with van der Waals surface area (Å²) in [6, 6.07) is 8.69. The van der Waals surface area contributed by atoms with Crippen LogP contribution in [-0.2, 0) is 6.42 Å². The molecule has 0 spiro atoms. The minimum Gasteiger partial charge on any atom is -0.320 e. The van der Waals surface area contributed by atoms with Crippen LogP contribution in [-0.4, -0.2) is 0 Å². The molecule has 1 nitrogen and oxygen atoms in total. The van der Waals surface area contributed by atoms with Crippen LogP contribution >= 0.6 is 11.3 Å². The van der Waals surface area contributed by atoms with E-state index in [0.29, 0.717) is 0 Å². The van der Waals surface area contributed by atoms with E-state index >= 15 is 0 Å². The van der Waals surface area contributed by atoms with Crippen LogP contribution in [0.15, 0.2) is 30.3 Å². The van der Waals surface area contributed by atoms with Crippen LogP contribution < -0.4 is 5.73 Å². The van der Waals surface area contributed by atoms with E-state index in [0.717, 1.165) is 22.4 Å². The number of aryl methyl sites for hydroxylation is 2. The normalized spacial score (nSPS) is 12.7. The quantitative estimate of drug-likeness (QED) is 0.879. The Kier molecular flexibility index (Phi) is 3.60. The fraction of sp³-hybridized carbons (Fsp3) is 0.286. The third kappa shape index (κ3) is 2.56. The molecule has 3 heteroatoms. The van der Waals surface area contributed by atoms with Gasteiger partial charge in [0, 0.05) is 9.75 Å². The van der Waals surface area contributed by atoms with Crippen LogP contribution in [0.5, 0.6) is 0 Å². The SMILES string of the molecule is CCc1ccc(C(N)c2cc(F)ccc2C)s1. The van der Waals surface area contributed by atoms with Gasteiger partial charge in [-0.3, -0.25) is 0 Å². The first-order chi connectivity index (χ1) is 8.11. The van der Waals surface area contributed by atoms with Crippen LogP contribution in [0.1, 0.15) is 33.8 Å². The fourth-order valence-electron chi connectivity index (χ4n) is 1.85. The van der Waals surface area contributed by atoms with Crippen molar-refractivity contribution in [2.24, 2.45) is 5.73 Å². The van der Waals surface area contributed by atoms with Gasteiger partial charge >= 0.3 is 0 Å². The van der Waals surface area contributed by atoms with Crippen molar-refractivity contribution < 1.29 is 4.39 Å². The summed E-state index contributed by atoms with van der Waals surface area (Å²) >= 11 is 1.70. The fourth-order valence-corrected chi connectivity index (χ4v) is 2.82. The van der Waals surface area contributed by atoms with Gasteiger partial charge in [-0.05, 0) is 48.7 Å². The van der Waals surface area contributed by atoms with Gasteiger partial charge in [0.2, 0.25) is 0 Å². The van der Waals surface area contributed by atoms with Gasteiger partial charge in [-0.1, -0.05) is 13.0 Å². The number of halogens is 1. The van der Waals surface area contributed by atoms with Gasteiger partial charge in [0.05, 0.1) is 6.04 Å². The first-order valence-corrected chi connectivity index (χ1v) is 6.53. The van der Waals surface area contributed by atoms with Crippen LogP contribution in [0.25, 0.3) is 0 Å². The summed E-state index contributed by atoms with van der Waals surface area (Å²) in [7, 11) is 0. The Hall–Kier alpha value is -1.19. The minimum absolute atomic E-state index is 0.226. The molecule has 0 bridgehead atoms. The van der Waals surface area contributed by atoms with Crippen molar-refractivity contribution in [1.82, 2.24) is 0 Å². The maximum Gasteiger partial charge on any atom is 0.123 e. The summed E-state index contributed by atoms with van der Waals surface area (Å²) in [5.74, 6) is -0.228. The molecule has 1 aromatic carbocycles. The van der Waals surface area contributed by atoms with Gasteiger partial charge in [0.25, 0.3) is 0 Å². The van der Waals surface area contributed by atoms with Gasteiger partial charge < -0.3 is 5.73 Å². The number of nitrogens with two attached hydrogens (primary N) is 1. The molecule has 2 rings (SSSR count). The Balaban J connectivity index is 2.35. The van der Waals surface area contributed by atoms with Crippen molar-refractivity contribution in [1.29, 1.82) is 0 Å². The van der Waals surface area contributed by atoms with Gasteiger partial charge in [0.1, 0.15) is 5.82 Å². The summed E-state index contributed by atoms with van der Waals surface area (Å²) in [4.78, 5) is 2.40. The van der Waals surface area contributed by atoms with E-state index in [1.165, 1.54) is 17.0 Å². The summed E-state index contributed by atoms with van der Waals surface area (Å²) in [6.07, 6.45) is 1.01. The van der Waals surface area contributed by atoms with Gasteiger partial charge in [0.15, 0.2) is 0 Å². The maximum absolute atomic E-state index is 13.2. The zero-order valence-electron chi connectivity index (χ0n) is 10.0. The highest BCUT2D eigenvalue weighted by Gasteiger charge is 2.14. The molecular formula is C14H16FNS. The molecule has 1 heterocycles. The van der Waals surface area contributed by atoms with E-state index in [9.17, 15) is 4.39 Å². The second-order valence-corrected chi connectivity index (χ2v) is 5.34. The lowest BCUT2D eigenvalue weighted by Crippen LogP contribution is -2.12. The van der Waals surface area contributed by atoms with Crippen molar-refractivity contribution >= 4 is 11.3 Å². The molecule has 0 aliphatic carbocycles. The lowest BCUT2D eigenvalue weighted by Gasteiger charge is -2.13. The molecule has 0 saturated carbocycles. The first-order valence-electron chi connectivity index (χ1n) is 5.72. The maximum atomic E-state index is 13.2. The minimum atomic E-state index is -0.228. The highest BCUT2D eigenvalue weighted by Crippen LogP contribution is 2.29. The summed E-state index contributed by atoms with van der Waals surface area (Å²) in [5, 5.41) is 0. The predicted molar refractivity (Wildman–Crippen MR) is 70.9 cm³/mol. The second kappa shape index (κ2) is 4.98. The number of rotatable bonds is 3. The molecule has 1 unspecified atom stereocenters. The van der Waals surface area contributed by atoms with Crippen molar-refractivity contribution in [3.05, 3.63) is 57.0 Å². The Labute approximate surface area is 105 Å². The van der Waals surface area contributed by atoms with E-state index in [-0.39, 0.29) is 11.9 Å². The number of hydrogen-bond donors (Lipinski definition) is 1. The van der Waals surface area contributed by atoms with Crippen LogP contribution in [0.2, 0.25) is 0 Å². The average molecular weight is 249 g/mol. The van der Waals surface area contributed by atoms with E-state index in [1.54, 1.807) is 17.4 Å². The van der Waals surface area contributed by atoms with E-state index < -0.39 is 0 Å². The zero-order chi connectivity index (χ0) is 12.4. The monoisotopic (exact) mass is 249 g/mol. The Morgan fingerprint density at radius 3 is 2.71 bits per heavy atom. The Morgan fingerprint density at radius 1 is 1.29 bits per heavy atom. The Bertz CT molecular complexity index is 519. The molecule has 0 aliphatic rings. The summed E-state index contributed by atoms with van der Waals surface area (Å²) < 4.78 is 13.2. The van der Waals surface area contributed by atoms with Crippen LogP contribution in [0.3, 0.4) is 0 Å². The topological polar surface area (TPSA) is 26.0 Å². The number of thiophene rings is 1. The van der Waals surface area contributed by atoms with E-state index in [1.807, 2.05) is 13.0 Å². The molecule has 0 saturated heterocycles. The molecule has 1 aromatic heterocycles. The molecule has 17 heavy (non-hydrogen) atoms. The van der Waals surface area contributed by atoms with Crippen LogP contribution in [0.4, 0.5) is 4.39 Å². The molecule has 0 fully saturated rings. The third-order valence-corrected chi connectivity index (χ3v) is 4.23. The standard InChI is InChI=1S/C14H16FNS/c1-3-11-6-7-13(17-11)14(16)12-8-10(15)5-4-9(12)2/h4-8,14H,3,16H2,1-2H3. The molecular weight excluding hydrogens is 233 g/mol. The van der Waals surface area contributed by atoms with Crippen molar-refractivity contribution in [2.75, 3.05) is 0 Å². The molecule has 0 radical (unpaired) electrons. The summed E-state index contributed by atoms with van der Waals surface area (Å²) in [6.45, 7) is 4.08. The lowest BCUT2D eigenvalue weighted by molar-refractivity contribution is 0.623. The molecule has 1 atom stereocenters. The van der Waals surface area contributed by atoms with Crippen molar-refractivity contribution in [2.45, 2.75) is 26.3 Å². The predicted octanol–water partition coefficient (Wildman–Crippen LogP) is 3.81. The second-order valence-electron chi connectivity index (χ2n) is 4.14. The van der Waals surface area contributed by atoms with Crippen molar-refractivity contribution in [3.63, 3.8) is 0 Å². The van der Waals surface area contributed by atoms with Gasteiger partial charge in [-0.15, -0.1) is 11.3 Å². The highest BCUT2D eigenvalue weighted by atomic mass is 32.1. The third-order valence-electron chi connectivity index (χ3n) is 2.91. The lowest BCUT2D eigenvalue weighted by atomic mass is 10.0. The highest BCUT2D eigenvalue weighted by molar-refractivity contribution is 7.12.